The number of rotatable bonds is 3. The molecule has 5 nitrogen and oxygen atoms in total. The lowest BCUT2D eigenvalue weighted by molar-refractivity contribution is 0.0778. The Morgan fingerprint density at radius 1 is 1.61 bits per heavy atom. The third kappa shape index (κ3) is 2.35. The summed E-state index contributed by atoms with van der Waals surface area (Å²) in [6.45, 7) is 8.77. The molecule has 1 amide bonds. The van der Waals surface area contributed by atoms with Gasteiger partial charge in [0.1, 0.15) is 0 Å². The Morgan fingerprint density at radius 3 is 2.83 bits per heavy atom. The molecule has 1 aromatic heterocycles. The summed E-state index contributed by atoms with van der Waals surface area (Å²) in [5, 5.41) is 4.24. The SMILES string of the molecule is CCn1cc(N)c(C(=O)N2CCC(C(C)C)C2)n1. The van der Waals surface area contributed by atoms with Crippen molar-refractivity contribution in [3.63, 3.8) is 0 Å². The maximum Gasteiger partial charge on any atom is 0.276 e. The van der Waals surface area contributed by atoms with E-state index in [2.05, 4.69) is 18.9 Å². The summed E-state index contributed by atoms with van der Waals surface area (Å²) in [5.74, 6) is 1.19. The second-order valence-electron chi connectivity index (χ2n) is 5.33. The lowest BCUT2D eigenvalue weighted by Crippen LogP contribution is -2.30. The Hall–Kier alpha value is -1.52. The van der Waals surface area contributed by atoms with Crippen molar-refractivity contribution in [2.24, 2.45) is 11.8 Å². The highest BCUT2D eigenvalue weighted by atomic mass is 16.2. The Bertz CT molecular complexity index is 438. The van der Waals surface area contributed by atoms with Gasteiger partial charge in [-0.3, -0.25) is 9.48 Å². The number of carbonyl (C=O) groups excluding carboxylic acids is 1. The first-order valence-corrected chi connectivity index (χ1v) is 6.65. The fraction of sp³-hybridized carbons (Fsp3) is 0.692. The van der Waals surface area contributed by atoms with Gasteiger partial charge in [0.05, 0.1) is 5.69 Å². The zero-order valence-corrected chi connectivity index (χ0v) is 11.4. The fourth-order valence-corrected chi connectivity index (χ4v) is 2.43. The lowest BCUT2D eigenvalue weighted by atomic mass is 9.95. The highest BCUT2D eigenvalue weighted by molar-refractivity contribution is 5.97. The number of nitrogens with two attached hydrogens (primary N) is 1. The molecular formula is C13H22N4O. The van der Waals surface area contributed by atoms with E-state index in [0.29, 0.717) is 23.2 Å². The summed E-state index contributed by atoms with van der Waals surface area (Å²) in [4.78, 5) is 14.2. The van der Waals surface area contributed by atoms with Crippen LogP contribution in [-0.4, -0.2) is 33.7 Å². The van der Waals surface area contributed by atoms with Gasteiger partial charge in [0.25, 0.3) is 5.91 Å². The van der Waals surface area contributed by atoms with Gasteiger partial charge in [-0.2, -0.15) is 5.10 Å². The van der Waals surface area contributed by atoms with Crippen LogP contribution in [0.5, 0.6) is 0 Å². The number of aryl methyl sites for hydroxylation is 1. The summed E-state index contributed by atoms with van der Waals surface area (Å²) in [6, 6.07) is 0. The molecule has 2 heterocycles. The topological polar surface area (TPSA) is 64.2 Å². The van der Waals surface area contributed by atoms with E-state index >= 15 is 0 Å². The number of aromatic nitrogens is 2. The molecule has 2 N–H and O–H groups in total. The van der Waals surface area contributed by atoms with Crippen molar-refractivity contribution in [3.05, 3.63) is 11.9 Å². The van der Waals surface area contributed by atoms with Gasteiger partial charge < -0.3 is 10.6 Å². The van der Waals surface area contributed by atoms with Crippen LogP contribution in [0.2, 0.25) is 0 Å². The number of anilines is 1. The third-order valence-electron chi connectivity index (χ3n) is 3.77. The molecule has 2 rings (SSSR count). The maximum absolute atomic E-state index is 12.3. The van der Waals surface area contributed by atoms with Gasteiger partial charge in [-0.05, 0) is 25.2 Å². The van der Waals surface area contributed by atoms with Crippen molar-refractivity contribution in [2.45, 2.75) is 33.7 Å². The molecule has 0 saturated carbocycles. The van der Waals surface area contributed by atoms with Crippen molar-refractivity contribution in [3.8, 4) is 0 Å². The average Bonchev–Trinajstić information content (AvgIpc) is 2.94. The van der Waals surface area contributed by atoms with E-state index in [9.17, 15) is 4.79 Å². The smallest absolute Gasteiger partial charge is 0.276 e. The van der Waals surface area contributed by atoms with Gasteiger partial charge in [-0.1, -0.05) is 13.8 Å². The molecule has 0 bridgehead atoms. The molecule has 1 aliphatic heterocycles. The Kier molecular flexibility index (Phi) is 3.59. The van der Waals surface area contributed by atoms with E-state index in [1.165, 1.54) is 0 Å². The minimum atomic E-state index is -0.0251. The number of amides is 1. The Morgan fingerprint density at radius 2 is 2.33 bits per heavy atom. The lowest BCUT2D eigenvalue weighted by Gasteiger charge is -2.17. The van der Waals surface area contributed by atoms with E-state index in [-0.39, 0.29) is 5.91 Å². The highest BCUT2D eigenvalue weighted by Gasteiger charge is 2.30. The largest absolute Gasteiger partial charge is 0.396 e. The van der Waals surface area contributed by atoms with E-state index in [4.69, 9.17) is 5.73 Å². The molecule has 1 saturated heterocycles. The van der Waals surface area contributed by atoms with Gasteiger partial charge in [0, 0.05) is 25.8 Å². The number of nitrogen functional groups attached to an aromatic ring is 1. The third-order valence-corrected chi connectivity index (χ3v) is 3.77. The molecule has 1 atom stereocenters. The van der Waals surface area contributed by atoms with Crippen LogP contribution in [0.4, 0.5) is 5.69 Å². The Balaban J connectivity index is 2.10. The fourth-order valence-electron chi connectivity index (χ4n) is 2.43. The zero-order valence-electron chi connectivity index (χ0n) is 11.4. The molecule has 1 aromatic rings. The van der Waals surface area contributed by atoms with E-state index < -0.39 is 0 Å². The van der Waals surface area contributed by atoms with Crippen LogP contribution in [0.25, 0.3) is 0 Å². The van der Waals surface area contributed by atoms with Gasteiger partial charge in [0.15, 0.2) is 5.69 Å². The van der Waals surface area contributed by atoms with Gasteiger partial charge >= 0.3 is 0 Å². The summed E-state index contributed by atoms with van der Waals surface area (Å²) >= 11 is 0. The van der Waals surface area contributed by atoms with E-state index in [1.807, 2.05) is 11.8 Å². The number of carbonyl (C=O) groups is 1. The van der Waals surface area contributed by atoms with E-state index in [0.717, 1.165) is 26.1 Å². The number of nitrogens with zero attached hydrogens (tertiary/aromatic N) is 3. The summed E-state index contributed by atoms with van der Waals surface area (Å²) in [6.07, 6.45) is 2.81. The van der Waals surface area contributed by atoms with Crippen molar-refractivity contribution < 1.29 is 4.79 Å². The highest BCUT2D eigenvalue weighted by Crippen LogP contribution is 2.25. The quantitative estimate of drug-likeness (QED) is 0.886. The first-order chi connectivity index (χ1) is 8.52. The number of likely N-dealkylation sites (tertiary alicyclic amines) is 1. The predicted octanol–water partition coefficient (Wildman–Crippen LogP) is 1.60. The van der Waals surface area contributed by atoms with Crippen molar-refractivity contribution in [2.75, 3.05) is 18.8 Å². The van der Waals surface area contributed by atoms with Crippen LogP contribution in [-0.2, 0) is 6.54 Å². The normalized spacial score (nSPS) is 19.8. The maximum atomic E-state index is 12.3. The first kappa shape index (κ1) is 12.9. The molecule has 1 fully saturated rings. The minimum absolute atomic E-state index is 0.0251. The van der Waals surface area contributed by atoms with Crippen LogP contribution >= 0.6 is 0 Å². The summed E-state index contributed by atoms with van der Waals surface area (Å²) in [5.41, 5.74) is 6.73. The molecule has 1 aliphatic rings. The van der Waals surface area contributed by atoms with Crippen LogP contribution in [0.1, 0.15) is 37.7 Å². The van der Waals surface area contributed by atoms with Crippen LogP contribution in [0.15, 0.2) is 6.20 Å². The summed E-state index contributed by atoms with van der Waals surface area (Å²) < 4.78 is 1.71. The van der Waals surface area contributed by atoms with Gasteiger partial charge in [-0.25, -0.2) is 0 Å². The monoisotopic (exact) mass is 250 g/mol. The van der Waals surface area contributed by atoms with Gasteiger partial charge in [-0.15, -0.1) is 0 Å². The standard InChI is InChI=1S/C13H22N4O/c1-4-17-8-11(14)12(15-17)13(18)16-6-5-10(7-16)9(2)3/h8-10H,4-7,14H2,1-3H3. The first-order valence-electron chi connectivity index (χ1n) is 6.65. The van der Waals surface area contributed by atoms with Crippen molar-refractivity contribution >= 4 is 11.6 Å². The van der Waals surface area contributed by atoms with Gasteiger partial charge in [0.2, 0.25) is 0 Å². The molecule has 0 radical (unpaired) electrons. The van der Waals surface area contributed by atoms with E-state index in [1.54, 1.807) is 10.9 Å². The van der Waals surface area contributed by atoms with Crippen LogP contribution in [0.3, 0.4) is 0 Å². The van der Waals surface area contributed by atoms with Crippen LogP contribution < -0.4 is 5.73 Å². The zero-order chi connectivity index (χ0) is 13.3. The molecule has 100 valence electrons. The second kappa shape index (κ2) is 5.00. The predicted molar refractivity (Wildman–Crippen MR) is 71.2 cm³/mol. The molecule has 18 heavy (non-hydrogen) atoms. The molecule has 0 aromatic carbocycles. The van der Waals surface area contributed by atoms with Crippen molar-refractivity contribution in [1.82, 2.24) is 14.7 Å². The molecule has 1 unspecified atom stereocenters. The Labute approximate surface area is 108 Å². The second-order valence-corrected chi connectivity index (χ2v) is 5.33. The van der Waals surface area contributed by atoms with Crippen LogP contribution in [0, 0.1) is 11.8 Å². The number of hydrogen-bond donors (Lipinski definition) is 1. The molecular weight excluding hydrogens is 228 g/mol. The molecule has 0 spiro atoms. The summed E-state index contributed by atoms with van der Waals surface area (Å²) in [7, 11) is 0. The molecule has 5 heteroatoms. The average molecular weight is 250 g/mol. The van der Waals surface area contributed by atoms with Crippen molar-refractivity contribution in [1.29, 1.82) is 0 Å². The number of hydrogen-bond acceptors (Lipinski definition) is 3. The molecule has 0 aliphatic carbocycles. The minimum Gasteiger partial charge on any atom is -0.396 e.